The van der Waals surface area contributed by atoms with E-state index in [9.17, 15) is 10.1 Å². The molecule has 1 heterocycles. The van der Waals surface area contributed by atoms with Gasteiger partial charge in [0.05, 0.1) is 4.92 Å². The lowest BCUT2D eigenvalue weighted by Gasteiger charge is -2.18. The molecule has 2 rings (SSSR count). The van der Waals surface area contributed by atoms with Gasteiger partial charge in [0, 0.05) is 24.8 Å². The van der Waals surface area contributed by atoms with Crippen LogP contribution in [0.25, 0.3) is 0 Å². The maximum atomic E-state index is 10.7. The number of anilines is 1. The SMILES string of the molecule is C[C@@H]1CCN(c2ccc([N+](=O)[O-])c(C#N)c2)C1. The largest absolute Gasteiger partial charge is 0.371 e. The summed E-state index contributed by atoms with van der Waals surface area (Å²) in [6, 6.07) is 6.62. The van der Waals surface area contributed by atoms with Gasteiger partial charge in [0.15, 0.2) is 0 Å². The monoisotopic (exact) mass is 231 g/mol. The van der Waals surface area contributed by atoms with Crippen molar-refractivity contribution in [1.29, 1.82) is 5.26 Å². The number of hydrogen-bond donors (Lipinski definition) is 0. The average Bonchev–Trinajstić information content (AvgIpc) is 2.75. The molecule has 1 fully saturated rings. The number of rotatable bonds is 2. The number of nitro groups is 1. The molecule has 1 aliphatic heterocycles. The third kappa shape index (κ3) is 2.21. The smallest absolute Gasteiger partial charge is 0.287 e. The van der Waals surface area contributed by atoms with E-state index in [0.717, 1.165) is 25.2 Å². The zero-order chi connectivity index (χ0) is 12.4. The Kier molecular flexibility index (Phi) is 2.96. The zero-order valence-corrected chi connectivity index (χ0v) is 9.59. The fourth-order valence-corrected chi connectivity index (χ4v) is 2.14. The van der Waals surface area contributed by atoms with Crippen LogP contribution in [0.3, 0.4) is 0 Å². The number of benzene rings is 1. The van der Waals surface area contributed by atoms with Crippen LogP contribution in [0.1, 0.15) is 18.9 Å². The molecule has 0 aromatic heterocycles. The minimum absolute atomic E-state index is 0.122. The Morgan fingerprint density at radius 3 is 2.88 bits per heavy atom. The van der Waals surface area contributed by atoms with Crippen LogP contribution in [-0.2, 0) is 0 Å². The van der Waals surface area contributed by atoms with Crippen molar-refractivity contribution in [2.24, 2.45) is 5.92 Å². The maximum absolute atomic E-state index is 10.7. The van der Waals surface area contributed by atoms with Crippen LogP contribution in [0, 0.1) is 27.4 Å². The number of nitro benzene ring substituents is 1. The Bertz CT molecular complexity index is 493. The first kappa shape index (κ1) is 11.4. The van der Waals surface area contributed by atoms with Gasteiger partial charge in [-0.05, 0) is 24.5 Å². The predicted molar refractivity (Wildman–Crippen MR) is 63.8 cm³/mol. The Balaban J connectivity index is 2.32. The Morgan fingerprint density at radius 1 is 1.59 bits per heavy atom. The summed E-state index contributed by atoms with van der Waals surface area (Å²) in [7, 11) is 0. The van der Waals surface area contributed by atoms with Crippen molar-refractivity contribution in [3.8, 4) is 6.07 Å². The van der Waals surface area contributed by atoms with Gasteiger partial charge in [-0.1, -0.05) is 6.92 Å². The fourth-order valence-electron chi connectivity index (χ4n) is 2.14. The van der Waals surface area contributed by atoms with Crippen molar-refractivity contribution >= 4 is 11.4 Å². The zero-order valence-electron chi connectivity index (χ0n) is 9.59. The van der Waals surface area contributed by atoms with Crippen molar-refractivity contribution < 1.29 is 4.92 Å². The topological polar surface area (TPSA) is 70.2 Å². The van der Waals surface area contributed by atoms with Crippen LogP contribution in [0.2, 0.25) is 0 Å². The number of nitrogens with zero attached hydrogens (tertiary/aromatic N) is 3. The van der Waals surface area contributed by atoms with E-state index in [1.807, 2.05) is 6.07 Å². The van der Waals surface area contributed by atoms with Crippen LogP contribution in [-0.4, -0.2) is 18.0 Å². The van der Waals surface area contributed by atoms with E-state index < -0.39 is 4.92 Å². The standard InChI is InChI=1S/C12H13N3O2/c1-9-4-5-14(8-9)11-2-3-12(15(16)17)10(6-11)7-13/h2-3,6,9H,4-5,8H2,1H3/t9-/m1/s1. The maximum Gasteiger partial charge on any atom is 0.287 e. The van der Waals surface area contributed by atoms with Crippen molar-refractivity contribution in [1.82, 2.24) is 0 Å². The van der Waals surface area contributed by atoms with Gasteiger partial charge in [-0.2, -0.15) is 5.26 Å². The molecular weight excluding hydrogens is 218 g/mol. The fraction of sp³-hybridized carbons (Fsp3) is 0.417. The summed E-state index contributed by atoms with van der Waals surface area (Å²) in [6.07, 6.45) is 1.12. The third-order valence-electron chi connectivity index (χ3n) is 3.09. The molecule has 1 saturated heterocycles. The molecule has 0 bridgehead atoms. The summed E-state index contributed by atoms with van der Waals surface area (Å²) in [5, 5.41) is 19.6. The Morgan fingerprint density at radius 2 is 2.35 bits per heavy atom. The van der Waals surface area contributed by atoms with Crippen LogP contribution < -0.4 is 4.90 Å². The van der Waals surface area contributed by atoms with Gasteiger partial charge in [0.2, 0.25) is 0 Å². The molecule has 5 nitrogen and oxygen atoms in total. The molecule has 0 aliphatic carbocycles. The highest BCUT2D eigenvalue weighted by Crippen LogP contribution is 2.28. The molecule has 0 amide bonds. The highest BCUT2D eigenvalue weighted by atomic mass is 16.6. The van der Waals surface area contributed by atoms with Crippen LogP contribution in [0.5, 0.6) is 0 Å². The summed E-state index contributed by atoms with van der Waals surface area (Å²) >= 11 is 0. The van der Waals surface area contributed by atoms with Crippen LogP contribution in [0.4, 0.5) is 11.4 Å². The van der Waals surface area contributed by atoms with Crippen molar-refractivity contribution in [3.05, 3.63) is 33.9 Å². The second-order valence-electron chi connectivity index (χ2n) is 4.41. The molecule has 1 aliphatic rings. The third-order valence-corrected chi connectivity index (χ3v) is 3.09. The average molecular weight is 231 g/mol. The molecule has 88 valence electrons. The molecule has 0 radical (unpaired) electrons. The first-order valence-corrected chi connectivity index (χ1v) is 5.55. The van der Waals surface area contributed by atoms with Gasteiger partial charge in [-0.3, -0.25) is 10.1 Å². The molecule has 1 aromatic rings. The summed E-state index contributed by atoms with van der Waals surface area (Å²) < 4.78 is 0. The predicted octanol–water partition coefficient (Wildman–Crippen LogP) is 2.31. The molecule has 0 N–H and O–H groups in total. The van der Waals surface area contributed by atoms with E-state index in [1.165, 1.54) is 6.07 Å². The van der Waals surface area contributed by atoms with Gasteiger partial charge in [0.1, 0.15) is 11.6 Å². The summed E-state index contributed by atoms with van der Waals surface area (Å²) in [5.41, 5.74) is 0.909. The minimum atomic E-state index is -0.519. The van der Waals surface area contributed by atoms with E-state index in [1.54, 1.807) is 12.1 Å². The first-order valence-electron chi connectivity index (χ1n) is 5.55. The van der Waals surface area contributed by atoms with E-state index in [-0.39, 0.29) is 11.3 Å². The summed E-state index contributed by atoms with van der Waals surface area (Å²) in [5.74, 6) is 0.635. The molecule has 1 aromatic carbocycles. The second kappa shape index (κ2) is 4.42. The number of hydrogen-bond acceptors (Lipinski definition) is 4. The van der Waals surface area contributed by atoms with Crippen molar-refractivity contribution in [3.63, 3.8) is 0 Å². The summed E-state index contributed by atoms with van der Waals surface area (Å²) in [6.45, 7) is 4.07. The Hall–Kier alpha value is -2.09. The molecular formula is C12H13N3O2. The van der Waals surface area contributed by atoms with E-state index in [0.29, 0.717) is 5.92 Å². The molecule has 5 heteroatoms. The van der Waals surface area contributed by atoms with Gasteiger partial charge in [-0.15, -0.1) is 0 Å². The lowest BCUT2D eigenvalue weighted by Crippen LogP contribution is -2.19. The highest BCUT2D eigenvalue weighted by Gasteiger charge is 2.21. The molecule has 0 spiro atoms. The molecule has 1 atom stereocenters. The van der Waals surface area contributed by atoms with Gasteiger partial charge < -0.3 is 4.90 Å². The van der Waals surface area contributed by atoms with Gasteiger partial charge in [-0.25, -0.2) is 0 Å². The van der Waals surface area contributed by atoms with Gasteiger partial charge >= 0.3 is 0 Å². The van der Waals surface area contributed by atoms with E-state index in [4.69, 9.17) is 5.26 Å². The number of nitriles is 1. The van der Waals surface area contributed by atoms with Crippen LogP contribution >= 0.6 is 0 Å². The van der Waals surface area contributed by atoms with Crippen LogP contribution in [0.15, 0.2) is 18.2 Å². The second-order valence-corrected chi connectivity index (χ2v) is 4.41. The van der Waals surface area contributed by atoms with E-state index >= 15 is 0 Å². The normalized spacial score (nSPS) is 19.1. The highest BCUT2D eigenvalue weighted by molar-refractivity contribution is 5.60. The first-order chi connectivity index (χ1) is 8.11. The summed E-state index contributed by atoms with van der Waals surface area (Å²) in [4.78, 5) is 12.3. The molecule has 0 unspecified atom stereocenters. The van der Waals surface area contributed by atoms with Crippen molar-refractivity contribution in [2.45, 2.75) is 13.3 Å². The van der Waals surface area contributed by atoms with Gasteiger partial charge in [0.25, 0.3) is 5.69 Å². The molecule has 17 heavy (non-hydrogen) atoms. The van der Waals surface area contributed by atoms with Crippen molar-refractivity contribution in [2.75, 3.05) is 18.0 Å². The quantitative estimate of drug-likeness (QED) is 0.578. The van der Waals surface area contributed by atoms with E-state index in [2.05, 4.69) is 11.8 Å². The molecule has 0 saturated carbocycles. The Labute approximate surface area is 99.4 Å². The lowest BCUT2D eigenvalue weighted by molar-refractivity contribution is -0.385. The lowest BCUT2D eigenvalue weighted by atomic mass is 10.1. The minimum Gasteiger partial charge on any atom is -0.371 e.